The lowest BCUT2D eigenvalue weighted by Crippen LogP contribution is -2.30. The summed E-state index contributed by atoms with van der Waals surface area (Å²) in [7, 11) is 0. The molecule has 1 aliphatic rings. The molecule has 1 atom stereocenters. The highest BCUT2D eigenvalue weighted by molar-refractivity contribution is 5.92. The standard InChI is InChI=1S/C13H15N3O3/c1-8-6-12(19-14-8)11-4-3-5-16(11)13(17)10-7-9(2)18-15-10/h6-7,11H,3-5H2,1-2H3. The molecule has 1 saturated heterocycles. The molecule has 0 bridgehead atoms. The third-order valence-electron chi connectivity index (χ3n) is 3.34. The highest BCUT2D eigenvalue weighted by Crippen LogP contribution is 2.33. The number of likely N-dealkylation sites (tertiary alicyclic amines) is 1. The summed E-state index contributed by atoms with van der Waals surface area (Å²) < 4.78 is 10.2. The summed E-state index contributed by atoms with van der Waals surface area (Å²) in [5.41, 5.74) is 1.17. The Hall–Kier alpha value is -2.11. The predicted molar refractivity (Wildman–Crippen MR) is 65.5 cm³/mol. The Morgan fingerprint density at radius 2 is 2.16 bits per heavy atom. The Balaban J connectivity index is 1.85. The normalized spacial score (nSPS) is 19.1. The molecule has 2 aromatic heterocycles. The average Bonchev–Trinajstić information content (AvgIpc) is 3.07. The minimum absolute atomic E-state index is 0.0503. The number of hydrogen-bond acceptors (Lipinski definition) is 5. The quantitative estimate of drug-likeness (QED) is 0.829. The van der Waals surface area contributed by atoms with Crippen LogP contribution >= 0.6 is 0 Å². The predicted octanol–water partition coefficient (Wildman–Crippen LogP) is 2.26. The van der Waals surface area contributed by atoms with E-state index in [4.69, 9.17) is 9.05 Å². The molecule has 1 unspecified atom stereocenters. The Labute approximate surface area is 110 Å². The van der Waals surface area contributed by atoms with E-state index in [0.717, 1.165) is 24.3 Å². The van der Waals surface area contributed by atoms with E-state index in [2.05, 4.69) is 10.3 Å². The maximum Gasteiger partial charge on any atom is 0.276 e. The molecule has 100 valence electrons. The number of rotatable bonds is 2. The van der Waals surface area contributed by atoms with Crippen LogP contribution in [0.3, 0.4) is 0 Å². The fraction of sp³-hybridized carbons (Fsp3) is 0.462. The van der Waals surface area contributed by atoms with E-state index in [1.807, 2.05) is 13.0 Å². The van der Waals surface area contributed by atoms with Crippen LogP contribution in [0.15, 0.2) is 21.2 Å². The molecule has 0 aromatic carbocycles. The van der Waals surface area contributed by atoms with Crippen LogP contribution in [0, 0.1) is 13.8 Å². The van der Waals surface area contributed by atoms with Crippen LogP contribution in [-0.2, 0) is 0 Å². The lowest BCUT2D eigenvalue weighted by atomic mass is 10.1. The zero-order valence-corrected chi connectivity index (χ0v) is 10.9. The van der Waals surface area contributed by atoms with Gasteiger partial charge in [-0.1, -0.05) is 10.3 Å². The van der Waals surface area contributed by atoms with Gasteiger partial charge in [0.25, 0.3) is 5.91 Å². The van der Waals surface area contributed by atoms with Crippen LogP contribution in [-0.4, -0.2) is 27.7 Å². The molecule has 0 N–H and O–H groups in total. The van der Waals surface area contributed by atoms with E-state index < -0.39 is 0 Å². The van der Waals surface area contributed by atoms with Crippen molar-refractivity contribution in [2.75, 3.05) is 6.54 Å². The molecular weight excluding hydrogens is 246 g/mol. The number of amides is 1. The first kappa shape index (κ1) is 12.0. The van der Waals surface area contributed by atoms with Crippen LogP contribution < -0.4 is 0 Å². The Morgan fingerprint density at radius 3 is 2.79 bits per heavy atom. The van der Waals surface area contributed by atoms with Gasteiger partial charge in [-0.15, -0.1) is 0 Å². The van der Waals surface area contributed by atoms with Gasteiger partial charge in [-0.2, -0.15) is 0 Å². The lowest BCUT2D eigenvalue weighted by molar-refractivity contribution is 0.0704. The number of nitrogens with zero attached hydrogens (tertiary/aromatic N) is 3. The van der Waals surface area contributed by atoms with E-state index in [9.17, 15) is 4.79 Å². The van der Waals surface area contributed by atoms with Gasteiger partial charge >= 0.3 is 0 Å². The molecule has 3 heterocycles. The van der Waals surface area contributed by atoms with Crippen LogP contribution in [0.2, 0.25) is 0 Å². The molecule has 6 nitrogen and oxygen atoms in total. The van der Waals surface area contributed by atoms with Gasteiger partial charge in [-0.05, 0) is 26.7 Å². The zero-order chi connectivity index (χ0) is 13.4. The average molecular weight is 261 g/mol. The molecule has 1 amide bonds. The second-order valence-corrected chi connectivity index (χ2v) is 4.85. The van der Waals surface area contributed by atoms with Crippen LogP contribution in [0.1, 0.15) is 46.6 Å². The van der Waals surface area contributed by atoms with Crippen molar-refractivity contribution in [3.63, 3.8) is 0 Å². The highest BCUT2D eigenvalue weighted by atomic mass is 16.5. The molecule has 6 heteroatoms. The maximum absolute atomic E-state index is 12.4. The lowest BCUT2D eigenvalue weighted by Gasteiger charge is -2.21. The number of aryl methyl sites for hydroxylation is 2. The summed E-state index contributed by atoms with van der Waals surface area (Å²) >= 11 is 0. The van der Waals surface area contributed by atoms with Crippen LogP contribution in [0.4, 0.5) is 0 Å². The van der Waals surface area contributed by atoms with E-state index in [1.54, 1.807) is 17.9 Å². The van der Waals surface area contributed by atoms with Gasteiger partial charge in [-0.25, -0.2) is 0 Å². The summed E-state index contributed by atoms with van der Waals surface area (Å²) in [5, 5.41) is 7.67. The van der Waals surface area contributed by atoms with Crippen molar-refractivity contribution in [1.82, 2.24) is 15.2 Å². The van der Waals surface area contributed by atoms with Crippen molar-refractivity contribution >= 4 is 5.91 Å². The number of aromatic nitrogens is 2. The van der Waals surface area contributed by atoms with Crippen LogP contribution in [0.5, 0.6) is 0 Å². The van der Waals surface area contributed by atoms with Crippen molar-refractivity contribution < 1.29 is 13.8 Å². The largest absolute Gasteiger partial charge is 0.361 e. The van der Waals surface area contributed by atoms with Crippen molar-refractivity contribution in [2.24, 2.45) is 0 Å². The molecule has 0 saturated carbocycles. The van der Waals surface area contributed by atoms with E-state index in [-0.39, 0.29) is 11.9 Å². The highest BCUT2D eigenvalue weighted by Gasteiger charge is 2.34. The molecular formula is C13H15N3O3. The first-order valence-electron chi connectivity index (χ1n) is 6.32. The van der Waals surface area contributed by atoms with Gasteiger partial charge < -0.3 is 13.9 Å². The monoisotopic (exact) mass is 261 g/mol. The molecule has 0 spiro atoms. The fourth-order valence-corrected chi connectivity index (χ4v) is 2.46. The van der Waals surface area contributed by atoms with Gasteiger partial charge in [0, 0.05) is 18.7 Å². The van der Waals surface area contributed by atoms with E-state index in [0.29, 0.717) is 18.0 Å². The molecule has 1 aliphatic heterocycles. The Kier molecular flexibility index (Phi) is 2.85. The molecule has 0 radical (unpaired) electrons. The van der Waals surface area contributed by atoms with Crippen molar-refractivity contribution in [2.45, 2.75) is 32.7 Å². The van der Waals surface area contributed by atoms with Crippen LogP contribution in [0.25, 0.3) is 0 Å². The Bertz CT molecular complexity index is 602. The van der Waals surface area contributed by atoms with Crippen molar-refractivity contribution in [1.29, 1.82) is 0 Å². The maximum atomic E-state index is 12.4. The number of carbonyl (C=O) groups excluding carboxylic acids is 1. The SMILES string of the molecule is Cc1cc(C2CCCN2C(=O)c2cc(C)on2)on1. The molecule has 1 fully saturated rings. The third kappa shape index (κ3) is 2.14. The minimum Gasteiger partial charge on any atom is -0.361 e. The van der Waals surface area contributed by atoms with Gasteiger partial charge in [0.2, 0.25) is 0 Å². The third-order valence-corrected chi connectivity index (χ3v) is 3.34. The minimum atomic E-state index is -0.117. The molecule has 3 rings (SSSR count). The summed E-state index contributed by atoms with van der Waals surface area (Å²) in [4.78, 5) is 14.2. The first-order valence-corrected chi connectivity index (χ1v) is 6.32. The summed E-state index contributed by atoms with van der Waals surface area (Å²) in [6.07, 6.45) is 1.84. The fourth-order valence-electron chi connectivity index (χ4n) is 2.46. The van der Waals surface area contributed by atoms with Crippen molar-refractivity contribution in [3.05, 3.63) is 35.0 Å². The molecule has 2 aromatic rings. The van der Waals surface area contributed by atoms with Gasteiger partial charge in [0.05, 0.1) is 11.7 Å². The van der Waals surface area contributed by atoms with E-state index in [1.165, 1.54) is 0 Å². The first-order chi connectivity index (χ1) is 9.15. The smallest absolute Gasteiger partial charge is 0.276 e. The summed E-state index contributed by atoms with van der Waals surface area (Å²) in [5.74, 6) is 1.26. The number of carbonyl (C=O) groups is 1. The second kappa shape index (κ2) is 4.53. The topological polar surface area (TPSA) is 72.4 Å². The molecule has 0 aliphatic carbocycles. The second-order valence-electron chi connectivity index (χ2n) is 4.85. The Morgan fingerprint density at radius 1 is 1.32 bits per heavy atom. The van der Waals surface area contributed by atoms with E-state index >= 15 is 0 Å². The van der Waals surface area contributed by atoms with Crippen molar-refractivity contribution in [3.8, 4) is 0 Å². The van der Waals surface area contributed by atoms with Gasteiger partial charge in [0.15, 0.2) is 11.5 Å². The zero-order valence-electron chi connectivity index (χ0n) is 10.9. The summed E-state index contributed by atoms with van der Waals surface area (Å²) in [6, 6.07) is 3.49. The number of hydrogen-bond donors (Lipinski definition) is 0. The molecule has 19 heavy (non-hydrogen) atoms. The van der Waals surface area contributed by atoms with Gasteiger partial charge in [0.1, 0.15) is 5.76 Å². The summed E-state index contributed by atoms with van der Waals surface area (Å²) in [6.45, 7) is 4.34. The van der Waals surface area contributed by atoms with Gasteiger partial charge in [-0.3, -0.25) is 4.79 Å².